The van der Waals surface area contributed by atoms with Crippen LogP contribution in [0.2, 0.25) is 0 Å². The maximum absolute atomic E-state index is 5.98. The second-order valence-electron chi connectivity index (χ2n) is 6.24. The number of piperazine rings is 1. The number of hydrogen-bond acceptors (Lipinski definition) is 5. The normalized spacial score (nSPS) is 23.3. The Hall–Kier alpha value is -1.49. The Bertz CT molecular complexity index is 489. The average Bonchev–Trinajstić information content (AvgIpc) is 3.30. The Kier molecular flexibility index (Phi) is 4.19. The van der Waals surface area contributed by atoms with Gasteiger partial charge in [0.1, 0.15) is 5.82 Å². The smallest absolute Gasteiger partial charge is 0.239 e. The molecule has 2 aliphatic rings. The highest BCUT2D eigenvalue weighted by atomic mass is 16.5. The maximum Gasteiger partial charge on any atom is 0.239 e. The lowest BCUT2D eigenvalue weighted by atomic mass is 10.2. The Labute approximate surface area is 127 Å². The van der Waals surface area contributed by atoms with Crippen molar-refractivity contribution in [2.75, 3.05) is 43.4 Å². The number of rotatable bonds is 5. The van der Waals surface area contributed by atoms with Crippen molar-refractivity contribution in [2.45, 2.75) is 32.7 Å². The van der Waals surface area contributed by atoms with Gasteiger partial charge in [-0.15, -0.1) is 0 Å². The third kappa shape index (κ3) is 3.40. The van der Waals surface area contributed by atoms with Gasteiger partial charge in [-0.05, 0) is 44.4 Å². The summed E-state index contributed by atoms with van der Waals surface area (Å²) < 4.78 is 5.79. The van der Waals surface area contributed by atoms with E-state index in [1.807, 2.05) is 12.1 Å². The van der Waals surface area contributed by atoms with Crippen molar-refractivity contribution in [2.24, 2.45) is 5.92 Å². The SMILES string of the molecule is CCN1CCN(c2ccc(N)c(OCC3CC3)n2)CC1C. The van der Waals surface area contributed by atoms with E-state index in [-0.39, 0.29) is 0 Å². The van der Waals surface area contributed by atoms with E-state index in [0.29, 0.717) is 23.5 Å². The quantitative estimate of drug-likeness (QED) is 0.898. The molecule has 2 fully saturated rings. The van der Waals surface area contributed by atoms with Crippen molar-refractivity contribution in [3.63, 3.8) is 0 Å². The molecule has 1 unspecified atom stereocenters. The van der Waals surface area contributed by atoms with Gasteiger partial charge in [0.25, 0.3) is 0 Å². The predicted molar refractivity (Wildman–Crippen MR) is 85.8 cm³/mol. The minimum absolute atomic E-state index is 0.555. The molecule has 1 saturated heterocycles. The Balaban J connectivity index is 1.68. The number of aromatic nitrogens is 1. The van der Waals surface area contributed by atoms with E-state index in [2.05, 4.69) is 28.6 Å². The van der Waals surface area contributed by atoms with Crippen molar-refractivity contribution in [1.82, 2.24) is 9.88 Å². The minimum Gasteiger partial charge on any atom is -0.476 e. The third-order valence-corrected chi connectivity index (χ3v) is 4.52. The van der Waals surface area contributed by atoms with Gasteiger partial charge in [0.15, 0.2) is 0 Å². The molecule has 0 spiro atoms. The summed E-state index contributed by atoms with van der Waals surface area (Å²) in [4.78, 5) is 9.47. The van der Waals surface area contributed by atoms with E-state index < -0.39 is 0 Å². The van der Waals surface area contributed by atoms with Gasteiger partial charge in [0.05, 0.1) is 12.3 Å². The molecule has 3 rings (SSSR count). The van der Waals surface area contributed by atoms with E-state index in [0.717, 1.165) is 38.6 Å². The molecule has 116 valence electrons. The first-order valence-electron chi connectivity index (χ1n) is 8.05. The molecule has 0 radical (unpaired) electrons. The highest BCUT2D eigenvalue weighted by Gasteiger charge is 2.25. The van der Waals surface area contributed by atoms with Gasteiger partial charge in [0, 0.05) is 25.7 Å². The summed E-state index contributed by atoms with van der Waals surface area (Å²) in [6.07, 6.45) is 2.55. The summed E-state index contributed by atoms with van der Waals surface area (Å²) in [5.74, 6) is 2.30. The maximum atomic E-state index is 5.98. The zero-order chi connectivity index (χ0) is 14.8. The molecular weight excluding hydrogens is 264 g/mol. The van der Waals surface area contributed by atoms with Gasteiger partial charge in [0.2, 0.25) is 5.88 Å². The monoisotopic (exact) mass is 290 g/mol. The number of nitrogen functional groups attached to an aromatic ring is 1. The predicted octanol–water partition coefficient (Wildman–Crippen LogP) is 1.98. The number of pyridine rings is 1. The van der Waals surface area contributed by atoms with E-state index in [4.69, 9.17) is 10.5 Å². The number of nitrogens with two attached hydrogens (primary N) is 1. The van der Waals surface area contributed by atoms with Crippen molar-refractivity contribution in [3.05, 3.63) is 12.1 Å². The molecule has 1 aromatic rings. The molecule has 1 saturated carbocycles. The van der Waals surface area contributed by atoms with Crippen LogP contribution < -0.4 is 15.4 Å². The number of ether oxygens (including phenoxy) is 1. The summed E-state index contributed by atoms with van der Waals surface area (Å²) in [5, 5.41) is 0. The zero-order valence-electron chi connectivity index (χ0n) is 13.1. The molecule has 5 heteroatoms. The van der Waals surface area contributed by atoms with Gasteiger partial charge < -0.3 is 15.4 Å². The second kappa shape index (κ2) is 6.10. The van der Waals surface area contributed by atoms with Crippen LogP contribution in [0.15, 0.2) is 12.1 Å². The lowest BCUT2D eigenvalue weighted by Crippen LogP contribution is -2.52. The standard InChI is InChI=1S/C16H26N4O/c1-3-19-8-9-20(10-12(19)2)15-7-6-14(17)16(18-15)21-11-13-4-5-13/h6-7,12-13H,3-5,8-11,17H2,1-2H3. The zero-order valence-corrected chi connectivity index (χ0v) is 13.1. The molecule has 5 nitrogen and oxygen atoms in total. The highest BCUT2D eigenvalue weighted by Crippen LogP contribution is 2.31. The minimum atomic E-state index is 0.555. The van der Waals surface area contributed by atoms with E-state index >= 15 is 0 Å². The molecular formula is C16H26N4O. The third-order valence-electron chi connectivity index (χ3n) is 4.52. The van der Waals surface area contributed by atoms with Crippen molar-refractivity contribution in [1.29, 1.82) is 0 Å². The number of anilines is 2. The first kappa shape index (κ1) is 14.4. The fraction of sp³-hybridized carbons (Fsp3) is 0.688. The van der Waals surface area contributed by atoms with Gasteiger partial charge in [-0.3, -0.25) is 4.90 Å². The fourth-order valence-electron chi connectivity index (χ4n) is 2.89. The molecule has 1 atom stereocenters. The largest absolute Gasteiger partial charge is 0.476 e. The molecule has 1 aliphatic heterocycles. The number of likely N-dealkylation sites (N-methyl/N-ethyl adjacent to an activating group) is 1. The van der Waals surface area contributed by atoms with Gasteiger partial charge in [-0.1, -0.05) is 6.92 Å². The highest BCUT2D eigenvalue weighted by molar-refractivity contribution is 5.54. The number of hydrogen-bond donors (Lipinski definition) is 1. The average molecular weight is 290 g/mol. The lowest BCUT2D eigenvalue weighted by molar-refractivity contribution is 0.199. The van der Waals surface area contributed by atoms with Gasteiger partial charge >= 0.3 is 0 Å². The second-order valence-corrected chi connectivity index (χ2v) is 6.24. The van der Waals surface area contributed by atoms with Crippen LogP contribution in [-0.2, 0) is 0 Å². The van der Waals surface area contributed by atoms with Crippen LogP contribution >= 0.6 is 0 Å². The fourth-order valence-corrected chi connectivity index (χ4v) is 2.89. The van der Waals surface area contributed by atoms with E-state index in [1.54, 1.807) is 0 Å². The summed E-state index contributed by atoms with van der Waals surface area (Å²) in [5.41, 5.74) is 6.62. The lowest BCUT2D eigenvalue weighted by Gasteiger charge is -2.40. The molecule has 1 aliphatic carbocycles. The molecule has 21 heavy (non-hydrogen) atoms. The van der Waals surface area contributed by atoms with E-state index in [1.165, 1.54) is 12.8 Å². The van der Waals surface area contributed by atoms with Crippen LogP contribution in [-0.4, -0.2) is 48.7 Å². The first-order valence-corrected chi connectivity index (χ1v) is 8.05. The molecule has 0 bridgehead atoms. The Morgan fingerprint density at radius 3 is 2.81 bits per heavy atom. The van der Waals surface area contributed by atoms with Crippen LogP contribution in [0, 0.1) is 5.92 Å². The van der Waals surface area contributed by atoms with Gasteiger partial charge in [-0.25, -0.2) is 0 Å². The molecule has 1 aromatic heterocycles. The summed E-state index contributed by atoms with van der Waals surface area (Å²) >= 11 is 0. The first-order chi connectivity index (χ1) is 10.2. The Morgan fingerprint density at radius 2 is 2.14 bits per heavy atom. The van der Waals surface area contributed by atoms with Crippen LogP contribution in [0.25, 0.3) is 0 Å². The van der Waals surface area contributed by atoms with Crippen molar-refractivity contribution >= 4 is 11.5 Å². The summed E-state index contributed by atoms with van der Waals surface area (Å²) in [7, 11) is 0. The number of nitrogens with zero attached hydrogens (tertiary/aromatic N) is 3. The summed E-state index contributed by atoms with van der Waals surface area (Å²) in [6.45, 7) is 9.46. The Morgan fingerprint density at radius 1 is 1.33 bits per heavy atom. The van der Waals surface area contributed by atoms with Crippen molar-refractivity contribution < 1.29 is 4.74 Å². The van der Waals surface area contributed by atoms with Crippen LogP contribution in [0.1, 0.15) is 26.7 Å². The molecule has 0 amide bonds. The molecule has 2 heterocycles. The van der Waals surface area contributed by atoms with E-state index in [9.17, 15) is 0 Å². The topological polar surface area (TPSA) is 54.6 Å². The molecule has 0 aromatic carbocycles. The van der Waals surface area contributed by atoms with Crippen molar-refractivity contribution in [3.8, 4) is 5.88 Å². The summed E-state index contributed by atoms with van der Waals surface area (Å²) in [6, 6.07) is 4.48. The van der Waals surface area contributed by atoms with Crippen LogP contribution in [0.4, 0.5) is 11.5 Å². The van der Waals surface area contributed by atoms with Crippen LogP contribution in [0.3, 0.4) is 0 Å². The molecule has 2 N–H and O–H groups in total. The van der Waals surface area contributed by atoms with Crippen LogP contribution in [0.5, 0.6) is 5.88 Å². The van der Waals surface area contributed by atoms with Gasteiger partial charge in [-0.2, -0.15) is 4.98 Å².